The van der Waals surface area contributed by atoms with Crippen molar-refractivity contribution < 1.29 is 12.8 Å². The molecule has 31 heavy (non-hydrogen) atoms. The third-order valence-electron chi connectivity index (χ3n) is 5.03. The highest BCUT2D eigenvalue weighted by molar-refractivity contribution is 7.98. The van der Waals surface area contributed by atoms with Crippen LogP contribution < -0.4 is 5.63 Å². The Labute approximate surface area is 183 Å². The summed E-state index contributed by atoms with van der Waals surface area (Å²) >= 11 is 1.38. The Morgan fingerprint density at radius 2 is 1.87 bits per heavy atom. The third-order valence-corrected chi connectivity index (χ3v) is 8.05. The van der Waals surface area contributed by atoms with E-state index in [2.05, 4.69) is 10.2 Å². The first-order valence-corrected chi connectivity index (χ1v) is 12.3. The lowest BCUT2D eigenvalue weighted by Gasteiger charge is -2.18. The van der Waals surface area contributed by atoms with Crippen LogP contribution in [0.2, 0.25) is 0 Å². The van der Waals surface area contributed by atoms with E-state index in [1.54, 1.807) is 22.7 Å². The van der Waals surface area contributed by atoms with Gasteiger partial charge in [0.05, 0.1) is 4.90 Å². The van der Waals surface area contributed by atoms with Crippen molar-refractivity contribution in [3.8, 4) is 0 Å². The molecule has 0 aliphatic heterocycles. The third kappa shape index (κ3) is 4.10. The zero-order valence-corrected chi connectivity index (χ0v) is 19.0. The number of benzene rings is 1. The first-order valence-electron chi connectivity index (χ1n) is 9.84. The van der Waals surface area contributed by atoms with E-state index < -0.39 is 15.6 Å². The molecule has 162 valence electrons. The van der Waals surface area contributed by atoms with Gasteiger partial charge in [0, 0.05) is 36.5 Å². The molecule has 0 aliphatic carbocycles. The average molecular weight is 459 g/mol. The van der Waals surface area contributed by atoms with Crippen LogP contribution in [0.25, 0.3) is 16.6 Å². The number of sulfonamides is 1. The lowest BCUT2D eigenvalue weighted by atomic mass is 10.1. The van der Waals surface area contributed by atoms with E-state index in [-0.39, 0.29) is 4.90 Å². The SMILES string of the molecule is CCN(CC)S(=O)(=O)c1ccc2nnc(SCc3cc(=O)oc4cc(C)ccc34)n2c1. The first-order chi connectivity index (χ1) is 14.8. The van der Waals surface area contributed by atoms with Gasteiger partial charge in [-0.05, 0) is 36.2 Å². The van der Waals surface area contributed by atoms with Crippen LogP contribution in [0.1, 0.15) is 25.0 Å². The van der Waals surface area contributed by atoms with Gasteiger partial charge in [0.25, 0.3) is 0 Å². The van der Waals surface area contributed by atoms with Gasteiger partial charge in [-0.25, -0.2) is 13.2 Å². The predicted octanol–water partition coefficient (Wildman–Crippen LogP) is 3.47. The van der Waals surface area contributed by atoms with E-state index in [4.69, 9.17) is 4.42 Å². The minimum Gasteiger partial charge on any atom is -0.423 e. The maximum atomic E-state index is 12.9. The highest BCUT2D eigenvalue weighted by Crippen LogP contribution is 2.27. The molecule has 4 rings (SSSR count). The Morgan fingerprint density at radius 3 is 2.61 bits per heavy atom. The van der Waals surface area contributed by atoms with E-state index in [0.29, 0.717) is 35.2 Å². The van der Waals surface area contributed by atoms with E-state index in [9.17, 15) is 13.2 Å². The summed E-state index contributed by atoms with van der Waals surface area (Å²) < 4.78 is 34.2. The predicted molar refractivity (Wildman–Crippen MR) is 120 cm³/mol. The molecular weight excluding hydrogens is 436 g/mol. The Balaban J connectivity index is 1.69. The number of pyridine rings is 1. The molecule has 0 fully saturated rings. The molecule has 3 heterocycles. The van der Waals surface area contributed by atoms with Crippen molar-refractivity contribution in [3.63, 3.8) is 0 Å². The summed E-state index contributed by atoms with van der Waals surface area (Å²) in [7, 11) is -3.60. The molecule has 3 aromatic heterocycles. The molecule has 0 saturated heterocycles. The van der Waals surface area contributed by atoms with Gasteiger partial charge >= 0.3 is 5.63 Å². The van der Waals surface area contributed by atoms with Gasteiger partial charge in [0.15, 0.2) is 10.8 Å². The standard InChI is InChI=1S/C21H22N4O4S2/c1-4-24(5-2)31(27,28)16-7-9-19-22-23-21(25(19)12-16)30-13-15-11-20(26)29-18-10-14(3)6-8-17(15)18/h6-12H,4-5,13H2,1-3H3. The highest BCUT2D eigenvalue weighted by Gasteiger charge is 2.23. The summed E-state index contributed by atoms with van der Waals surface area (Å²) in [5.74, 6) is 0.457. The van der Waals surface area contributed by atoms with Crippen LogP contribution in [-0.4, -0.2) is 40.4 Å². The van der Waals surface area contributed by atoms with Crippen LogP contribution in [0.5, 0.6) is 0 Å². The number of nitrogens with zero attached hydrogens (tertiary/aromatic N) is 4. The van der Waals surface area contributed by atoms with Crippen molar-refractivity contribution in [1.82, 2.24) is 18.9 Å². The van der Waals surface area contributed by atoms with Crippen LogP contribution in [0.4, 0.5) is 0 Å². The monoisotopic (exact) mass is 458 g/mol. The van der Waals surface area contributed by atoms with Crippen molar-refractivity contribution >= 4 is 38.4 Å². The first kappa shape index (κ1) is 21.5. The summed E-state index contributed by atoms with van der Waals surface area (Å²) in [4.78, 5) is 12.2. The lowest BCUT2D eigenvalue weighted by molar-refractivity contribution is 0.445. The van der Waals surface area contributed by atoms with Gasteiger partial charge in [-0.2, -0.15) is 4.31 Å². The van der Waals surface area contributed by atoms with E-state index in [1.807, 2.05) is 39.0 Å². The maximum Gasteiger partial charge on any atom is 0.336 e. The molecule has 10 heteroatoms. The lowest BCUT2D eigenvalue weighted by Crippen LogP contribution is -2.30. The molecule has 8 nitrogen and oxygen atoms in total. The number of rotatable bonds is 7. The van der Waals surface area contributed by atoms with Crippen LogP contribution in [-0.2, 0) is 15.8 Å². The minimum absolute atomic E-state index is 0.187. The van der Waals surface area contributed by atoms with Crippen LogP contribution in [0.3, 0.4) is 0 Å². The Bertz CT molecular complexity index is 1420. The van der Waals surface area contributed by atoms with Gasteiger partial charge in [-0.1, -0.05) is 37.7 Å². The zero-order valence-electron chi connectivity index (χ0n) is 17.4. The summed E-state index contributed by atoms with van der Waals surface area (Å²) in [6.07, 6.45) is 1.55. The molecule has 0 aliphatic rings. The van der Waals surface area contributed by atoms with E-state index >= 15 is 0 Å². The van der Waals surface area contributed by atoms with Crippen LogP contribution in [0, 0.1) is 6.92 Å². The minimum atomic E-state index is -3.60. The van der Waals surface area contributed by atoms with Crippen LogP contribution in [0.15, 0.2) is 61.9 Å². The van der Waals surface area contributed by atoms with E-state index in [0.717, 1.165) is 16.5 Å². The molecule has 0 spiro atoms. The number of fused-ring (bicyclic) bond motifs is 2. The number of aromatic nitrogens is 3. The molecule has 0 N–H and O–H groups in total. The normalized spacial score (nSPS) is 12.3. The molecule has 0 radical (unpaired) electrons. The summed E-state index contributed by atoms with van der Waals surface area (Å²) in [6.45, 7) is 6.34. The van der Waals surface area contributed by atoms with Gasteiger partial charge in [0.2, 0.25) is 10.0 Å². The maximum absolute atomic E-state index is 12.9. The molecule has 0 amide bonds. The average Bonchev–Trinajstić information content (AvgIpc) is 3.14. The molecule has 0 atom stereocenters. The summed E-state index contributed by atoms with van der Waals surface area (Å²) in [5, 5.41) is 9.73. The van der Waals surface area contributed by atoms with Gasteiger partial charge in [-0.15, -0.1) is 10.2 Å². The smallest absolute Gasteiger partial charge is 0.336 e. The molecule has 0 unspecified atom stereocenters. The molecule has 0 bridgehead atoms. The number of aryl methyl sites for hydroxylation is 1. The summed E-state index contributed by atoms with van der Waals surface area (Å²) in [5.41, 5.74) is 2.51. The Hall–Kier alpha value is -2.69. The molecule has 4 aromatic rings. The van der Waals surface area contributed by atoms with Crippen molar-refractivity contribution in [2.45, 2.75) is 36.6 Å². The van der Waals surface area contributed by atoms with Crippen molar-refractivity contribution in [1.29, 1.82) is 0 Å². The largest absolute Gasteiger partial charge is 0.423 e. The summed E-state index contributed by atoms with van der Waals surface area (Å²) in [6, 6.07) is 10.4. The van der Waals surface area contributed by atoms with Crippen molar-refractivity contribution in [3.05, 3.63) is 64.1 Å². The Morgan fingerprint density at radius 1 is 1.10 bits per heavy atom. The fourth-order valence-electron chi connectivity index (χ4n) is 3.41. The topological polar surface area (TPSA) is 97.8 Å². The molecule has 1 aromatic carbocycles. The quantitative estimate of drug-likeness (QED) is 0.309. The fraction of sp³-hybridized carbons (Fsp3) is 0.286. The second-order valence-electron chi connectivity index (χ2n) is 7.04. The second-order valence-corrected chi connectivity index (χ2v) is 9.92. The van der Waals surface area contributed by atoms with Crippen molar-refractivity contribution in [2.75, 3.05) is 13.1 Å². The number of hydrogen-bond donors (Lipinski definition) is 0. The Kier molecular flexibility index (Phi) is 5.87. The number of thioether (sulfide) groups is 1. The van der Waals surface area contributed by atoms with Gasteiger partial charge in [0.1, 0.15) is 5.58 Å². The second kappa shape index (κ2) is 8.45. The number of hydrogen-bond acceptors (Lipinski definition) is 7. The van der Waals surface area contributed by atoms with Crippen LogP contribution >= 0.6 is 11.8 Å². The van der Waals surface area contributed by atoms with Gasteiger partial charge < -0.3 is 4.42 Å². The zero-order chi connectivity index (χ0) is 22.2. The fourth-order valence-corrected chi connectivity index (χ4v) is 5.78. The molecule has 0 saturated carbocycles. The molecular formula is C21H22N4O4S2. The van der Waals surface area contributed by atoms with Gasteiger partial charge in [-0.3, -0.25) is 4.40 Å². The van der Waals surface area contributed by atoms with E-state index in [1.165, 1.54) is 22.1 Å². The van der Waals surface area contributed by atoms with Crippen molar-refractivity contribution in [2.24, 2.45) is 0 Å². The highest BCUT2D eigenvalue weighted by atomic mass is 32.2.